The normalized spacial score (nSPS) is 11.8. The largest absolute Gasteiger partial charge is 0.409 e. The molecule has 2 rings (SSSR count). The molecule has 0 amide bonds. The maximum atomic E-state index is 8.58. The van der Waals surface area contributed by atoms with E-state index in [1.54, 1.807) is 11.0 Å². The molecule has 1 aromatic carbocycles. The lowest BCUT2D eigenvalue weighted by molar-refractivity contribution is 0.318. The minimum Gasteiger partial charge on any atom is -0.409 e. The van der Waals surface area contributed by atoms with E-state index in [4.69, 9.17) is 10.9 Å². The number of hydrogen-bond donors (Lipinski definition) is 2. The van der Waals surface area contributed by atoms with Crippen molar-refractivity contribution >= 4 is 5.84 Å². The molecular formula is C13H17N5O. The molecule has 19 heavy (non-hydrogen) atoms. The van der Waals surface area contributed by atoms with E-state index in [1.807, 2.05) is 0 Å². The van der Waals surface area contributed by atoms with Crippen LogP contribution in [-0.2, 0) is 6.54 Å². The van der Waals surface area contributed by atoms with E-state index in [0.29, 0.717) is 6.54 Å². The summed E-state index contributed by atoms with van der Waals surface area (Å²) >= 11 is 0. The van der Waals surface area contributed by atoms with Crippen LogP contribution in [0.15, 0.2) is 23.6 Å². The Kier molecular flexibility index (Phi) is 3.50. The number of amidine groups is 1. The monoisotopic (exact) mass is 259 g/mol. The van der Waals surface area contributed by atoms with Gasteiger partial charge in [-0.05, 0) is 37.5 Å². The molecule has 1 heterocycles. The van der Waals surface area contributed by atoms with E-state index in [1.165, 1.54) is 22.3 Å². The second kappa shape index (κ2) is 5.09. The Morgan fingerprint density at radius 2 is 1.95 bits per heavy atom. The predicted octanol–water partition coefficient (Wildman–Crippen LogP) is 1.35. The van der Waals surface area contributed by atoms with Gasteiger partial charge in [-0.15, -0.1) is 5.10 Å². The zero-order chi connectivity index (χ0) is 14.0. The molecule has 6 nitrogen and oxygen atoms in total. The van der Waals surface area contributed by atoms with Gasteiger partial charge in [0, 0.05) is 0 Å². The quantitative estimate of drug-likeness (QED) is 0.377. The Morgan fingerprint density at radius 3 is 2.53 bits per heavy atom. The highest BCUT2D eigenvalue weighted by atomic mass is 16.4. The van der Waals surface area contributed by atoms with Gasteiger partial charge in [0.05, 0.1) is 6.54 Å². The first-order valence-corrected chi connectivity index (χ1v) is 5.95. The van der Waals surface area contributed by atoms with Crippen molar-refractivity contribution in [1.29, 1.82) is 0 Å². The Bertz CT molecular complexity index is 607. The number of rotatable bonds is 3. The molecule has 3 N–H and O–H groups in total. The summed E-state index contributed by atoms with van der Waals surface area (Å²) in [6.07, 6.45) is 1.58. The molecule has 0 aliphatic heterocycles. The molecule has 0 radical (unpaired) electrons. The maximum absolute atomic E-state index is 8.58. The van der Waals surface area contributed by atoms with Crippen molar-refractivity contribution in [2.45, 2.75) is 27.3 Å². The first-order chi connectivity index (χ1) is 9.01. The van der Waals surface area contributed by atoms with Crippen LogP contribution >= 0.6 is 0 Å². The van der Waals surface area contributed by atoms with Gasteiger partial charge in [-0.3, -0.25) is 0 Å². The van der Waals surface area contributed by atoms with E-state index < -0.39 is 0 Å². The van der Waals surface area contributed by atoms with Gasteiger partial charge in [0.25, 0.3) is 0 Å². The lowest BCUT2D eigenvalue weighted by atomic mass is 10.00. The number of benzene rings is 1. The zero-order valence-corrected chi connectivity index (χ0v) is 11.3. The Morgan fingerprint density at radius 1 is 1.32 bits per heavy atom. The highest BCUT2D eigenvalue weighted by molar-refractivity contribution is 5.93. The van der Waals surface area contributed by atoms with Gasteiger partial charge in [0.1, 0.15) is 6.33 Å². The number of aromatic nitrogens is 3. The van der Waals surface area contributed by atoms with Gasteiger partial charge < -0.3 is 10.9 Å². The molecule has 1 aromatic heterocycles. The summed E-state index contributed by atoms with van der Waals surface area (Å²) in [4.78, 5) is 4.00. The third kappa shape index (κ3) is 2.73. The summed E-state index contributed by atoms with van der Waals surface area (Å²) < 4.78 is 1.68. The summed E-state index contributed by atoms with van der Waals surface area (Å²) in [6.45, 7) is 6.85. The topological polar surface area (TPSA) is 89.3 Å². The second-order valence-electron chi connectivity index (χ2n) is 4.63. The van der Waals surface area contributed by atoms with Crippen LogP contribution in [0.4, 0.5) is 0 Å². The standard InChI is InChI=1S/C13H17N5O/c1-8-4-9(2)11(10(3)5-8)6-18-7-15-13(16-18)12(14)17-19/h4-5,7,19H,6H2,1-3H3,(H2,14,17). The van der Waals surface area contributed by atoms with Crippen LogP contribution in [0.2, 0.25) is 0 Å². The number of hydrogen-bond acceptors (Lipinski definition) is 4. The summed E-state index contributed by atoms with van der Waals surface area (Å²) in [6, 6.07) is 4.29. The van der Waals surface area contributed by atoms with Crippen molar-refractivity contribution in [1.82, 2.24) is 14.8 Å². The average molecular weight is 259 g/mol. The van der Waals surface area contributed by atoms with Crippen molar-refractivity contribution in [3.63, 3.8) is 0 Å². The Hall–Kier alpha value is -2.37. The first-order valence-electron chi connectivity index (χ1n) is 5.95. The van der Waals surface area contributed by atoms with Gasteiger partial charge in [-0.25, -0.2) is 9.67 Å². The Labute approximate surface area is 111 Å². The Balaban J connectivity index is 2.29. The molecule has 0 saturated heterocycles. The van der Waals surface area contributed by atoms with E-state index >= 15 is 0 Å². The van der Waals surface area contributed by atoms with Gasteiger partial charge in [-0.1, -0.05) is 22.9 Å². The number of nitrogens with two attached hydrogens (primary N) is 1. The molecule has 2 aromatic rings. The van der Waals surface area contributed by atoms with Crippen molar-refractivity contribution in [3.05, 3.63) is 46.5 Å². The van der Waals surface area contributed by atoms with Crippen molar-refractivity contribution in [2.75, 3.05) is 0 Å². The summed E-state index contributed by atoms with van der Waals surface area (Å²) in [5.41, 5.74) is 10.3. The lowest BCUT2D eigenvalue weighted by Crippen LogP contribution is -2.16. The lowest BCUT2D eigenvalue weighted by Gasteiger charge is -2.10. The molecular weight excluding hydrogens is 242 g/mol. The van der Waals surface area contributed by atoms with Crippen molar-refractivity contribution in [2.24, 2.45) is 10.9 Å². The van der Waals surface area contributed by atoms with Crippen LogP contribution in [0.1, 0.15) is 28.1 Å². The smallest absolute Gasteiger partial charge is 0.219 e. The molecule has 0 aliphatic carbocycles. The number of nitrogens with zero attached hydrogens (tertiary/aromatic N) is 4. The van der Waals surface area contributed by atoms with Gasteiger partial charge in [0.15, 0.2) is 0 Å². The zero-order valence-electron chi connectivity index (χ0n) is 11.3. The summed E-state index contributed by atoms with van der Waals surface area (Å²) in [5, 5.41) is 15.6. The van der Waals surface area contributed by atoms with E-state index in [2.05, 4.69) is 48.1 Å². The SMILES string of the molecule is Cc1cc(C)c(Cn2cnc(/C(N)=N/O)n2)c(C)c1. The molecule has 6 heteroatoms. The molecule has 0 fully saturated rings. The molecule has 0 atom stereocenters. The van der Waals surface area contributed by atoms with E-state index in [0.717, 1.165) is 0 Å². The van der Waals surface area contributed by atoms with Crippen molar-refractivity contribution in [3.8, 4) is 0 Å². The van der Waals surface area contributed by atoms with Crippen LogP contribution < -0.4 is 5.73 Å². The second-order valence-corrected chi connectivity index (χ2v) is 4.63. The average Bonchev–Trinajstić information content (AvgIpc) is 2.81. The fourth-order valence-corrected chi connectivity index (χ4v) is 2.15. The van der Waals surface area contributed by atoms with E-state index in [-0.39, 0.29) is 11.7 Å². The fraction of sp³-hybridized carbons (Fsp3) is 0.308. The highest BCUT2D eigenvalue weighted by Gasteiger charge is 2.09. The maximum Gasteiger partial charge on any atom is 0.219 e. The summed E-state index contributed by atoms with van der Waals surface area (Å²) in [7, 11) is 0. The van der Waals surface area contributed by atoms with Crippen molar-refractivity contribution < 1.29 is 5.21 Å². The molecule has 0 spiro atoms. The van der Waals surface area contributed by atoms with Crippen LogP contribution in [0.3, 0.4) is 0 Å². The van der Waals surface area contributed by atoms with Gasteiger partial charge >= 0.3 is 0 Å². The molecule has 0 unspecified atom stereocenters. The molecule has 0 aliphatic rings. The minimum absolute atomic E-state index is 0.0869. The number of oxime groups is 1. The molecule has 100 valence electrons. The summed E-state index contributed by atoms with van der Waals surface area (Å²) in [5.74, 6) is 0.140. The predicted molar refractivity (Wildman–Crippen MR) is 72.3 cm³/mol. The van der Waals surface area contributed by atoms with Crippen LogP contribution in [0, 0.1) is 20.8 Å². The first kappa shape index (κ1) is 13.1. The van der Waals surface area contributed by atoms with Crippen LogP contribution in [0.5, 0.6) is 0 Å². The third-order valence-electron chi connectivity index (χ3n) is 3.03. The third-order valence-corrected chi connectivity index (χ3v) is 3.03. The number of aryl methyl sites for hydroxylation is 3. The van der Waals surface area contributed by atoms with E-state index in [9.17, 15) is 0 Å². The minimum atomic E-state index is -0.0869. The molecule has 0 bridgehead atoms. The van der Waals surface area contributed by atoms with Gasteiger partial charge in [0.2, 0.25) is 11.7 Å². The van der Waals surface area contributed by atoms with Crippen LogP contribution in [0.25, 0.3) is 0 Å². The fourth-order valence-electron chi connectivity index (χ4n) is 2.15. The van der Waals surface area contributed by atoms with Crippen LogP contribution in [-0.4, -0.2) is 25.8 Å². The molecule has 0 saturated carbocycles. The van der Waals surface area contributed by atoms with Gasteiger partial charge in [-0.2, -0.15) is 0 Å². The highest BCUT2D eigenvalue weighted by Crippen LogP contribution is 2.17.